The Labute approximate surface area is 162 Å². The zero-order valence-corrected chi connectivity index (χ0v) is 16.9. The van der Waals surface area contributed by atoms with Crippen molar-refractivity contribution in [3.05, 3.63) is 48.2 Å². The molecule has 0 amide bonds. The number of hydrogen-bond acceptors (Lipinski definition) is 4. The van der Waals surface area contributed by atoms with Gasteiger partial charge in [0.25, 0.3) is 0 Å². The fourth-order valence-electron chi connectivity index (χ4n) is 3.33. The van der Waals surface area contributed by atoms with Crippen molar-refractivity contribution < 1.29 is 4.74 Å². The molecule has 27 heavy (non-hydrogen) atoms. The summed E-state index contributed by atoms with van der Waals surface area (Å²) in [6, 6.07) is 12.3. The summed E-state index contributed by atoms with van der Waals surface area (Å²) in [6.45, 7) is 11.9. The van der Waals surface area contributed by atoms with Crippen LogP contribution in [0.3, 0.4) is 0 Å². The molecule has 0 saturated carbocycles. The van der Waals surface area contributed by atoms with Crippen LogP contribution in [0.25, 0.3) is 16.9 Å². The van der Waals surface area contributed by atoms with Gasteiger partial charge in [-0.25, -0.2) is 9.50 Å². The van der Waals surface area contributed by atoms with E-state index >= 15 is 0 Å². The van der Waals surface area contributed by atoms with E-state index < -0.39 is 0 Å². The maximum Gasteiger partial charge on any atom is 0.232 e. The minimum Gasteiger partial charge on any atom is -0.474 e. The van der Waals surface area contributed by atoms with Gasteiger partial charge in [-0.3, -0.25) is 0 Å². The van der Waals surface area contributed by atoms with E-state index in [-0.39, 0.29) is 6.10 Å². The molecule has 1 aromatic carbocycles. The van der Waals surface area contributed by atoms with Gasteiger partial charge in [0, 0.05) is 11.6 Å². The monoisotopic (exact) mass is 366 g/mol. The van der Waals surface area contributed by atoms with Gasteiger partial charge < -0.3 is 9.64 Å². The summed E-state index contributed by atoms with van der Waals surface area (Å²) in [4.78, 5) is 6.91. The van der Waals surface area contributed by atoms with E-state index in [2.05, 4.69) is 66.9 Å². The average molecular weight is 367 g/mol. The molecule has 2 aromatic heterocycles. The molecule has 3 rings (SSSR count). The van der Waals surface area contributed by atoms with Gasteiger partial charge in [0.15, 0.2) is 5.65 Å². The molecule has 0 aliphatic rings. The minimum atomic E-state index is 0.136. The van der Waals surface area contributed by atoms with E-state index in [9.17, 15) is 0 Å². The second-order valence-corrected chi connectivity index (χ2v) is 7.05. The SMILES string of the molecule is CCN(CC)CCCC(C)Oc1ccc2ncc(-c3cccc(C)c3)n2n1. The van der Waals surface area contributed by atoms with Crippen LogP contribution in [-0.4, -0.2) is 45.2 Å². The number of aromatic nitrogens is 3. The first kappa shape index (κ1) is 19.4. The van der Waals surface area contributed by atoms with Gasteiger partial charge in [-0.05, 0) is 58.5 Å². The lowest BCUT2D eigenvalue weighted by Crippen LogP contribution is -2.25. The number of imidazole rings is 1. The van der Waals surface area contributed by atoms with Gasteiger partial charge in [0.2, 0.25) is 5.88 Å². The van der Waals surface area contributed by atoms with Crippen LogP contribution in [0.2, 0.25) is 0 Å². The Kier molecular flexibility index (Phi) is 6.45. The molecule has 0 fully saturated rings. The Morgan fingerprint density at radius 2 is 1.96 bits per heavy atom. The smallest absolute Gasteiger partial charge is 0.232 e. The van der Waals surface area contributed by atoms with Crippen molar-refractivity contribution in [2.75, 3.05) is 19.6 Å². The highest BCUT2D eigenvalue weighted by atomic mass is 16.5. The maximum absolute atomic E-state index is 6.08. The van der Waals surface area contributed by atoms with Crippen molar-refractivity contribution in [3.8, 4) is 17.1 Å². The van der Waals surface area contributed by atoms with E-state index in [1.165, 1.54) is 5.56 Å². The summed E-state index contributed by atoms with van der Waals surface area (Å²) in [5, 5.41) is 4.68. The molecule has 0 aliphatic carbocycles. The summed E-state index contributed by atoms with van der Waals surface area (Å²) in [7, 11) is 0. The van der Waals surface area contributed by atoms with Gasteiger partial charge in [0.05, 0.1) is 18.0 Å². The van der Waals surface area contributed by atoms with Crippen molar-refractivity contribution in [2.24, 2.45) is 0 Å². The fraction of sp³-hybridized carbons (Fsp3) is 0.455. The molecule has 3 aromatic rings. The molecular weight excluding hydrogens is 336 g/mol. The van der Waals surface area contributed by atoms with Gasteiger partial charge in [-0.2, -0.15) is 0 Å². The van der Waals surface area contributed by atoms with Gasteiger partial charge in [-0.15, -0.1) is 5.10 Å². The quantitative estimate of drug-likeness (QED) is 0.555. The second-order valence-electron chi connectivity index (χ2n) is 7.05. The van der Waals surface area contributed by atoms with Gasteiger partial charge in [-0.1, -0.05) is 37.6 Å². The number of aryl methyl sites for hydroxylation is 1. The Balaban J connectivity index is 1.70. The van der Waals surface area contributed by atoms with Crippen molar-refractivity contribution >= 4 is 5.65 Å². The molecule has 0 spiro atoms. The van der Waals surface area contributed by atoms with Crippen LogP contribution >= 0.6 is 0 Å². The van der Waals surface area contributed by atoms with E-state index in [4.69, 9.17) is 4.74 Å². The number of nitrogens with zero attached hydrogens (tertiary/aromatic N) is 4. The van der Waals surface area contributed by atoms with E-state index in [1.54, 1.807) is 0 Å². The predicted molar refractivity (Wildman–Crippen MR) is 110 cm³/mol. The normalized spacial score (nSPS) is 12.6. The number of hydrogen-bond donors (Lipinski definition) is 0. The predicted octanol–water partition coefficient (Wildman–Crippen LogP) is 4.59. The van der Waals surface area contributed by atoms with E-state index in [0.717, 1.165) is 49.4 Å². The van der Waals surface area contributed by atoms with Crippen molar-refractivity contribution in [2.45, 2.75) is 46.6 Å². The molecule has 144 valence electrons. The first-order valence-electron chi connectivity index (χ1n) is 9.91. The van der Waals surface area contributed by atoms with Gasteiger partial charge >= 0.3 is 0 Å². The highest BCUT2D eigenvalue weighted by Gasteiger charge is 2.11. The Hall–Kier alpha value is -2.40. The molecule has 1 atom stereocenters. The summed E-state index contributed by atoms with van der Waals surface area (Å²) >= 11 is 0. The maximum atomic E-state index is 6.08. The third kappa shape index (κ3) is 4.86. The fourth-order valence-corrected chi connectivity index (χ4v) is 3.33. The highest BCUT2D eigenvalue weighted by molar-refractivity contribution is 5.63. The zero-order chi connectivity index (χ0) is 19.2. The molecule has 5 nitrogen and oxygen atoms in total. The number of benzene rings is 1. The molecule has 1 unspecified atom stereocenters. The summed E-state index contributed by atoms with van der Waals surface area (Å²) in [5.41, 5.74) is 4.14. The highest BCUT2D eigenvalue weighted by Crippen LogP contribution is 2.22. The summed E-state index contributed by atoms with van der Waals surface area (Å²) < 4.78 is 7.95. The van der Waals surface area contributed by atoms with Crippen LogP contribution in [0.5, 0.6) is 5.88 Å². The van der Waals surface area contributed by atoms with Crippen molar-refractivity contribution in [1.29, 1.82) is 0 Å². The number of rotatable bonds is 9. The lowest BCUT2D eigenvalue weighted by Gasteiger charge is -2.19. The lowest BCUT2D eigenvalue weighted by atomic mass is 10.1. The third-order valence-corrected chi connectivity index (χ3v) is 4.95. The van der Waals surface area contributed by atoms with Crippen LogP contribution < -0.4 is 4.74 Å². The molecule has 0 aliphatic heterocycles. The third-order valence-electron chi connectivity index (χ3n) is 4.95. The van der Waals surface area contributed by atoms with Crippen LogP contribution in [0.1, 0.15) is 39.2 Å². The first-order chi connectivity index (χ1) is 13.1. The van der Waals surface area contributed by atoms with E-state index in [0.29, 0.717) is 5.88 Å². The van der Waals surface area contributed by atoms with Crippen LogP contribution in [0.15, 0.2) is 42.6 Å². The molecule has 0 N–H and O–H groups in total. The molecule has 0 saturated heterocycles. The lowest BCUT2D eigenvalue weighted by molar-refractivity contribution is 0.186. The van der Waals surface area contributed by atoms with Gasteiger partial charge in [0.1, 0.15) is 0 Å². The minimum absolute atomic E-state index is 0.136. The van der Waals surface area contributed by atoms with Crippen LogP contribution in [0.4, 0.5) is 0 Å². The standard InChI is InChI=1S/C22H30N4O/c1-5-25(6-2)14-8-10-18(4)27-22-13-12-21-23-16-20(26(21)24-22)19-11-7-9-17(3)15-19/h7,9,11-13,15-16,18H,5-6,8,10,14H2,1-4H3. The molecule has 2 heterocycles. The molecule has 5 heteroatoms. The molecular formula is C22H30N4O. The average Bonchev–Trinajstić information content (AvgIpc) is 3.08. The second kappa shape index (κ2) is 9.00. The Morgan fingerprint density at radius 1 is 1.15 bits per heavy atom. The first-order valence-corrected chi connectivity index (χ1v) is 9.91. The topological polar surface area (TPSA) is 42.7 Å². The Bertz CT molecular complexity index is 870. The van der Waals surface area contributed by atoms with Crippen molar-refractivity contribution in [1.82, 2.24) is 19.5 Å². The number of fused-ring (bicyclic) bond motifs is 1. The van der Waals surface area contributed by atoms with Crippen molar-refractivity contribution in [3.63, 3.8) is 0 Å². The number of ether oxygens (including phenoxy) is 1. The Morgan fingerprint density at radius 3 is 2.70 bits per heavy atom. The summed E-state index contributed by atoms with van der Waals surface area (Å²) in [6.07, 6.45) is 4.15. The van der Waals surface area contributed by atoms with Crippen LogP contribution in [0, 0.1) is 6.92 Å². The zero-order valence-electron chi connectivity index (χ0n) is 16.9. The van der Waals surface area contributed by atoms with Crippen LogP contribution in [-0.2, 0) is 0 Å². The largest absolute Gasteiger partial charge is 0.474 e. The molecule has 0 bridgehead atoms. The molecule has 0 radical (unpaired) electrons. The summed E-state index contributed by atoms with van der Waals surface area (Å²) in [5.74, 6) is 0.643. The van der Waals surface area contributed by atoms with E-state index in [1.807, 2.05) is 22.8 Å².